The second-order valence-electron chi connectivity index (χ2n) is 7.07. The van der Waals surface area contributed by atoms with E-state index in [9.17, 15) is 14.4 Å². The van der Waals surface area contributed by atoms with Crippen molar-refractivity contribution in [1.82, 2.24) is 4.98 Å². The zero-order valence-corrected chi connectivity index (χ0v) is 17.6. The number of halogens is 1. The number of aromatic nitrogens is 1. The fraction of sp³-hybridized carbons (Fsp3) is 0.0833. The van der Waals surface area contributed by atoms with Gasteiger partial charge in [-0.05, 0) is 55.5 Å². The number of anilines is 1. The monoisotopic (exact) mass is 446 g/mol. The molecule has 0 aliphatic carbocycles. The molecule has 158 valence electrons. The summed E-state index contributed by atoms with van der Waals surface area (Å²) >= 11 is 6.02. The van der Waals surface area contributed by atoms with E-state index in [4.69, 9.17) is 20.8 Å². The predicted octanol–water partition coefficient (Wildman–Crippen LogP) is 4.71. The molecule has 1 aliphatic heterocycles. The number of hydrogen-bond donors (Lipinski definition) is 0. The van der Waals surface area contributed by atoms with Crippen LogP contribution in [0.25, 0.3) is 22.4 Å². The van der Waals surface area contributed by atoms with E-state index in [0.29, 0.717) is 39.5 Å². The molecule has 0 atom stereocenters. The van der Waals surface area contributed by atoms with Crippen LogP contribution in [0.15, 0.2) is 69.9 Å². The van der Waals surface area contributed by atoms with Gasteiger partial charge in [-0.3, -0.25) is 9.59 Å². The largest absolute Gasteiger partial charge is 0.492 e. The molecule has 1 aromatic heterocycles. The Labute approximate surface area is 186 Å². The lowest BCUT2D eigenvalue weighted by Crippen LogP contribution is -2.29. The minimum absolute atomic E-state index is 0.0287. The van der Waals surface area contributed by atoms with Gasteiger partial charge in [-0.15, -0.1) is 0 Å². The Hall–Kier alpha value is -3.97. The normalized spacial score (nSPS) is 13.0. The number of fused-ring (bicyclic) bond motifs is 2. The maximum atomic E-state index is 13.2. The Morgan fingerprint density at radius 2 is 1.75 bits per heavy atom. The van der Waals surface area contributed by atoms with Gasteiger partial charge in [-0.25, -0.2) is 14.7 Å². The van der Waals surface area contributed by atoms with Crippen LogP contribution in [0.4, 0.5) is 5.69 Å². The number of carbonyl (C=O) groups excluding carboxylic acids is 2. The number of hydrogen-bond acceptors (Lipinski definition) is 6. The number of benzene rings is 3. The van der Waals surface area contributed by atoms with Gasteiger partial charge in [0, 0.05) is 10.6 Å². The van der Waals surface area contributed by atoms with Crippen molar-refractivity contribution >= 4 is 40.0 Å². The SMILES string of the molecule is CCOc1ccccc1N1C(=O)c2ccc(-c3nc4cc(Cl)ccc4c(=O)o3)cc2C1=O. The standard InChI is InChI=1S/C24H15ClN2O5/c1-2-31-20-6-4-3-5-19(20)27-22(28)15-9-7-13(11-17(15)23(27)29)21-26-18-12-14(25)8-10-16(18)24(30)32-21/h3-12H,2H2,1H3. The third-order valence-electron chi connectivity index (χ3n) is 5.13. The molecule has 2 heterocycles. The smallest absolute Gasteiger partial charge is 0.347 e. The van der Waals surface area contributed by atoms with Crippen LogP contribution >= 0.6 is 11.6 Å². The molecular weight excluding hydrogens is 432 g/mol. The number of ether oxygens (including phenoxy) is 1. The summed E-state index contributed by atoms with van der Waals surface area (Å²) in [6.45, 7) is 2.21. The zero-order valence-electron chi connectivity index (χ0n) is 16.8. The van der Waals surface area contributed by atoms with Gasteiger partial charge in [0.15, 0.2) is 0 Å². The van der Waals surface area contributed by atoms with Gasteiger partial charge >= 0.3 is 5.63 Å². The van der Waals surface area contributed by atoms with Crippen molar-refractivity contribution in [2.45, 2.75) is 6.92 Å². The van der Waals surface area contributed by atoms with Crippen molar-refractivity contribution in [2.75, 3.05) is 11.5 Å². The Bertz CT molecular complexity index is 1480. The number of carbonyl (C=O) groups is 2. The molecule has 0 N–H and O–H groups in total. The maximum absolute atomic E-state index is 13.2. The molecule has 1 aliphatic rings. The summed E-state index contributed by atoms with van der Waals surface area (Å²) in [5.41, 5.74) is 0.998. The first-order chi connectivity index (χ1) is 15.5. The van der Waals surface area contributed by atoms with Gasteiger partial charge in [0.1, 0.15) is 5.75 Å². The maximum Gasteiger partial charge on any atom is 0.347 e. The average Bonchev–Trinajstić information content (AvgIpc) is 3.03. The van der Waals surface area contributed by atoms with E-state index in [1.54, 1.807) is 48.5 Å². The Balaban J connectivity index is 1.60. The number of imide groups is 1. The molecule has 0 spiro atoms. The van der Waals surface area contributed by atoms with Gasteiger partial charge in [0.25, 0.3) is 11.8 Å². The molecule has 0 radical (unpaired) electrons. The third-order valence-corrected chi connectivity index (χ3v) is 5.37. The van der Waals surface area contributed by atoms with E-state index in [0.717, 1.165) is 4.90 Å². The fourth-order valence-corrected chi connectivity index (χ4v) is 3.85. The van der Waals surface area contributed by atoms with Gasteiger partial charge in [-0.1, -0.05) is 23.7 Å². The highest BCUT2D eigenvalue weighted by molar-refractivity contribution is 6.35. The van der Waals surface area contributed by atoms with E-state index < -0.39 is 17.4 Å². The molecule has 2 amide bonds. The van der Waals surface area contributed by atoms with Crippen molar-refractivity contribution in [1.29, 1.82) is 0 Å². The summed E-state index contributed by atoms with van der Waals surface area (Å²) in [6, 6.07) is 16.1. The molecule has 5 rings (SSSR count). The fourth-order valence-electron chi connectivity index (χ4n) is 3.68. The van der Waals surface area contributed by atoms with Crippen LogP contribution in [0.1, 0.15) is 27.6 Å². The number of para-hydroxylation sites is 2. The highest BCUT2D eigenvalue weighted by Crippen LogP contribution is 2.36. The Morgan fingerprint density at radius 1 is 0.969 bits per heavy atom. The van der Waals surface area contributed by atoms with Crippen molar-refractivity contribution in [3.05, 3.63) is 87.2 Å². The first-order valence-electron chi connectivity index (χ1n) is 9.83. The molecular formula is C24H15ClN2O5. The molecule has 0 bridgehead atoms. The summed E-state index contributed by atoms with van der Waals surface area (Å²) in [4.78, 5) is 44.1. The molecule has 0 fully saturated rings. The number of rotatable bonds is 4. The van der Waals surface area contributed by atoms with Crippen LogP contribution in [0.5, 0.6) is 5.75 Å². The summed E-state index contributed by atoms with van der Waals surface area (Å²) < 4.78 is 10.9. The molecule has 4 aromatic rings. The minimum Gasteiger partial charge on any atom is -0.492 e. The predicted molar refractivity (Wildman–Crippen MR) is 119 cm³/mol. The summed E-state index contributed by atoms with van der Waals surface area (Å²) in [7, 11) is 0. The van der Waals surface area contributed by atoms with Crippen LogP contribution < -0.4 is 15.3 Å². The molecule has 32 heavy (non-hydrogen) atoms. The minimum atomic E-state index is -0.572. The summed E-state index contributed by atoms with van der Waals surface area (Å²) in [5, 5.41) is 0.726. The molecule has 3 aromatic carbocycles. The van der Waals surface area contributed by atoms with E-state index in [1.165, 1.54) is 12.1 Å². The summed E-state index contributed by atoms with van der Waals surface area (Å²) in [6.07, 6.45) is 0. The highest BCUT2D eigenvalue weighted by atomic mass is 35.5. The van der Waals surface area contributed by atoms with Gasteiger partial charge < -0.3 is 9.15 Å². The van der Waals surface area contributed by atoms with Gasteiger partial charge in [-0.2, -0.15) is 0 Å². The molecule has 7 nitrogen and oxygen atoms in total. The molecule has 8 heteroatoms. The quantitative estimate of drug-likeness (QED) is 0.422. The number of amides is 2. The zero-order chi connectivity index (χ0) is 22.4. The van der Waals surface area contributed by atoms with Crippen LogP contribution in [0.2, 0.25) is 5.02 Å². The van der Waals surface area contributed by atoms with Crippen molar-refractivity contribution in [3.8, 4) is 17.2 Å². The van der Waals surface area contributed by atoms with Crippen LogP contribution in [-0.2, 0) is 0 Å². The summed E-state index contributed by atoms with van der Waals surface area (Å²) in [5.74, 6) is -0.488. The molecule has 0 unspecified atom stereocenters. The average molecular weight is 447 g/mol. The van der Waals surface area contributed by atoms with E-state index in [1.807, 2.05) is 6.92 Å². The van der Waals surface area contributed by atoms with Gasteiger partial charge in [0.05, 0.1) is 34.3 Å². The van der Waals surface area contributed by atoms with Crippen molar-refractivity contribution < 1.29 is 18.7 Å². The first kappa shape index (κ1) is 20.0. The second kappa shape index (κ2) is 7.62. The van der Waals surface area contributed by atoms with Crippen molar-refractivity contribution in [3.63, 3.8) is 0 Å². The molecule has 0 saturated carbocycles. The van der Waals surface area contributed by atoms with Gasteiger partial charge in [0.2, 0.25) is 5.89 Å². The highest BCUT2D eigenvalue weighted by Gasteiger charge is 2.38. The lowest BCUT2D eigenvalue weighted by molar-refractivity contribution is 0.0925. The van der Waals surface area contributed by atoms with Crippen LogP contribution in [0.3, 0.4) is 0 Å². The lowest BCUT2D eigenvalue weighted by atomic mass is 10.1. The number of nitrogens with zero attached hydrogens (tertiary/aromatic N) is 2. The topological polar surface area (TPSA) is 89.7 Å². The Kier molecular flexibility index (Phi) is 4.75. The second-order valence-corrected chi connectivity index (χ2v) is 7.51. The Morgan fingerprint density at radius 3 is 2.56 bits per heavy atom. The molecule has 0 saturated heterocycles. The lowest BCUT2D eigenvalue weighted by Gasteiger charge is -2.17. The third kappa shape index (κ3) is 3.14. The van der Waals surface area contributed by atoms with E-state index in [2.05, 4.69) is 4.98 Å². The van der Waals surface area contributed by atoms with Crippen molar-refractivity contribution in [2.24, 2.45) is 0 Å². The van der Waals surface area contributed by atoms with E-state index in [-0.39, 0.29) is 17.0 Å². The van der Waals surface area contributed by atoms with Crippen LogP contribution in [-0.4, -0.2) is 23.4 Å². The van der Waals surface area contributed by atoms with Crippen LogP contribution in [0, 0.1) is 0 Å². The van der Waals surface area contributed by atoms with E-state index >= 15 is 0 Å². The first-order valence-corrected chi connectivity index (χ1v) is 10.2.